The number of benzene rings is 2. The first kappa shape index (κ1) is 15.8. The average molecular weight is 306 g/mol. The highest BCUT2D eigenvalue weighted by atomic mass is 19.1. The minimum atomic E-state index is -0.341. The van der Waals surface area contributed by atoms with Crippen LogP contribution in [0, 0.1) is 11.6 Å². The van der Waals surface area contributed by atoms with Gasteiger partial charge in [-0.1, -0.05) is 12.1 Å². The number of nitrogens with one attached hydrogen (secondary N) is 2. The van der Waals surface area contributed by atoms with Gasteiger partial charge in [-0.15, -0.1) is 0 Å². The summed E-state index contributed by atoms with van der Waals surface area (Å²) in [5, 5.41) is 5.27. The zero-order valence-electron chi connectivity index (χ0n) is 11.8. The lowest BCUT2D eigenvalue weighted by molar-refractivity contribution is 0.236. The van der Waals surface area contributed by atoms with Crippen LogP contribution in [0.2, 0.25) is 0 Å². The predicted octanol–water partition coefficient (Wildman–Crippen LogP) is 2.84. The molecule has 116 valence electrons. The van der Waals surface area contributed by atoms with Crippen molar-refractivity contribution in [2.75, 3.05) is 13.2 Å². The third-order valence-electron chi connectivity index (χ3n) is 2.84. The molecule has 0 fully saturated rings. The summed E-state index contributed by atoms with van der Waals surface area (Å²) in [6.45, 7) is 0.896. The van der Waals surface area contributed by atoms with Crippen LogP contribution in [0.1, 0.15) is 5.56 Å². The summed E-state index contributed by atoms with van der Waals surface area (Å²) in [6.07, 6.45) is 0. The molecule has 2 aromatic carbocycles. The smallest absolute Gasteiger partial charge is 0.315 e. The van der Waals surface area contributed by atoms with Crippen LogP contribution >= 0.6 is 0 Å². The molecule has 0 saturated carbocycles. The summed E-state index contributed by atoms with van der Waals surface area (Å²) in [6, 6.07) is 11.2. The van der Waals surface area contributed by atoms with Gasteiger partial charge in [-0.3, -0.25) is 0 Å². The second-order valence-corrected chi connectivity index (χ2v) is 4.54. The SMILES string of the molecule is O=C(NCCOc1ccc(F)cc1)NCc1ccc(F)cc1. The van der Waals surface area contributed by atoms with Crippen molar-refractivity contribution in [1.82, 2.24) is 10.6 Å². The van der Waals surface area contributed by atoms with E-state index in [1.54, 1.807) is 12.1 Å². The molecule has 0 spiro atoms. The summed E-state index contributed by atoms with van der Waals surface area (Å²) in [7, 11) is 0. The van der Waals surface area contributed by atoms with E-state index in [1.165, 1.54) is 36.4 Å². The Hall–Kier alpha value is -2.63. The molecule has 22 heavy (non-hydrogen) atoms. The molecule has 0 saturated heterocycles. The fourth-order valence-corrected chi connectivity index (χ4v) is 1.71. The van der Waals surface area contributed by atoms with Crippen molar-refractivity contribution in [3.63, 3.8) is 0 Å². The first-order valence-electron chi connectivity index (χ1n) is 6.78. The van der Waals surface area contributed by atoms with Gasteiger partial charge in [0.25, 0.3) is 0 Å². The van der Waals surface area contributed by atoms with Crippen LogP contribution in [0.25, 0.3) is 0 Å². The molecule has 2 N–H and O–H groups in total. The summed E-state index contributed by atoms with van der Waals surface area (Å²) in [4.78, 5) is 11.5. The van der Waals surface area contributed by atoms with Crippen molar-refractivity contribution < 1.29 is 18.3 Å². The van der Waals surface area contributed by atoms with Crippen LogP contribution in [0.3, 0.4) is 0 Å². The van der Waals surface area contributed by atoms with Gasteiger partial charge < -0.3 is 15.4 Å². The van der Waals surface area contributed by atoms with E-state index in [1.807, 2.05) is 0 Å². The number of carbonyl (C=O) groups is 1. The number of ether oxygens (including phenoxy) is 1. The maximum absolute atomic E-state index is 12.7. The van der Waals surface area contributed by atoms with Crippen molar-refractivity contribution in [2.45, 2.75) is 6.54 Å². The Balaban J connectivity index is 1.61. The highest BCUT2D eigenvalue weighted by molar-refractivity contribution is 5.73. The molecule has 4 nitrogen and oxygen atoms in total. The van der Waals surface area contributed by atoms with Gasteiger partial charge in [0.1, 0.15) is 24.0 Å². The molecule has 2 amide bonds. The van der Waals surface area contributed by atoms with E-state index in [0.717, 1.165) is 5.56 Å². The second-order valence-electron chi connectivity index (χ2n) is 4.54. The fraction of sp³-hybridized carbons (Fsp3) is 0.188. The number of urea groups is 1. The van der Waals surface area contributed by atoms with Gasteiger partial charge in [0.15, 0.2) is 0 Å². The molecule has 0 aliphatic carbocycles. The highest BCUT2D eigenvalue weighted by Gasteiger charge is 2.01. The first-order valence-corrected chi connectivity index (χ1v) is 6.78. The van der Waals surface area contributed by atoms with Gasteiger partial charge in [0.2, 0.25) is 0 Å². The lowest BCUT2D eigenvalue weighted by Crippen LogP contribution is -2.37. The Morgan fingerprint density at radius 1 is 0.909 bits per heavy atom. The Labute approximate surface area is 127 Å². The third kappa shape index (κ3) is 5.40. The molecule has 0 unspecified atom stereocenters. The number of hydrogen-bond donors (Lipinski definition) is 2. The molecule has 0 radical (unpaired) electrons. The minimum absolute atomic E-state index is 0.273. The normalized spacial score (nSPS) is 10.1. The van der Waals surface area contributed by atoms with Crippen molar-refractivity contribution in [2.24, 2.45) is 0 Å². The van der Waals surface area contributed by atoms with E-state index in [4.69, 9.17) is 4.74 Å². The fourth-order valence-electron chi connectivity index (χ4n) is 1.71. The quantitative estimate of drug-likeness (QED) is 0.806. The van der Waals surface area contributed by atoms with E-state index in [9.17, 15) is 13.6 Å². The van der Waals surface area contributed by atoms with Crippen LogP contribution < -0.4 is 15.4 Å². The predicted molar refractivity (Wildman–Crippen MR) is 78.5 cm³/mol. The van der Waals surface area contributed by atoms with Gasteiger partial charge >= 0.3 is 6.03 Å². The van der Waals surface area contributed by atoms with Gasteiger partial charge in [0, 0.05) is 6.54 Å². The molecule has 0 aliphatic heterocycles. The van der Waals surface area contributed by atoms with Crippen molar-refractivity contribution in [3.05, 3.63) is 65.7 Å². The number of carbonyl (C=O) groups excluding carboxylic acids is 1. The summed E-state index contributed by atoms with van der Waals surface area (Å²) < 4.78 is 30.7. The van der Waals surface area contributed by atoms with Crippen molar-refractivity contribution in [3.8, 4) is 5.75 Å². The molecule has 0 bridgehead atoms. The van der Waals surface area contributed by atoms with Crippen LogP contribution in [0.5, 0.6) is 5.75 Å². The second kappa shape index (κ2) is 7.97. The van der Waals surface area contributed by atoms with Crippen molar-refractivity contribution >= 4 is 6.03 Å². The van der Waals surface area contributed by atoms with Gasteiger partial charge in [-0.2, -0.15) is 0 Å². The molecule has 0 heterocycles. The Morgan fingerprint density at radius 2 is 1.50 bits per heavy atom. The number of halogens is 2. The first-order chi connectivity index (χ1) is 10.6. The van der Waals surface area contributed by atoms with E-state index in [2.05, 4.69) is 10.6 Å². The van der Waals surface area contributed by atoms with Crippen LogP contribution in [-0.2, 0) is 6.54 Å². The molecule has 6 heteroatoms. The average Bonchev–Trinajstić information content (AvgIpc) is 2.53. The van der Waals surface area contributed by atoms with E-state index in [-0.39, 0.29) is 24.3 Å². The Morgan fingerprint density at radius 3 is 2.14 bits per heavy atom. The summed E-state index contributed by atoms with van der Waals surface area (Å²) in [5.41, 5.74) is 0.805. The zero-order valence-corrected chi connectivity index (χ0v) is 11.8. The Bertz CT molecular complexity index is 601. The van der Waals surface area contributed by atoms with Crippen LogP contribution in [0.4, 0.5) is 13.6 Å². The number of hydrogen-bond acceptors (Lipinski definition) is 2. The largest absolute Gasteiger partial charge is 0.492 e. The molecule has 0 aromatic heterocycles. The minimum Gasteiger partial charge on any atom is -0.492 e. The highest BCUT2D eigenvalue weighted by Crippen LogP contribution is 2.10. The molecule has 2 aromatic rings. The van der Waals surface area contributed by atoms with E-state index >= 15 is 0 Å². The number of amides is 2. The summed E-state index contributed by atoms with van der Waals surface area (Å²) in [5.74, 6) is -0.105. The monoisotopic (exact) mass is 306 g/mol. The van der Waals surface area contributed by atoms with Gasteiger partial charge in [-0.05, 0) is 42.0 Å². The topological polar surface area (TPSA) is 50.4 Å². The van der Waals surface area contributed by atoms with Gasteiger partial charge in [-0.25, -0.2) is 13.6 Å². The standard InChI is InChI=1S/C16H16F2N2O2/c17-13-3-1-12(2-4-13)11-20-16(21)19-9-10-22-15-7-5-14(18)6-8-15/h1-8H,9-11H2,(H2,19,20,21). The van der Waals surface area contributed by atoms with Gasteiger partial charge in [0.05, 0.1) is 6.54 Å². The van der Waals surface area contributed by atoms with Crippen molar-refractivity contribution in [1.29, 1.82) is 0 Å². The lowest BCUT2D eigenvalue weighted by Gasteiger charge is -2.09. The number of rotatable bonds is 6. The molecular formula is C16H16F2N2O2. The van der Waals surface area contributed by atoms with Crippen LogP contribution in [0.15, 0.2) is 48.5 Å². The zero-order chi connectivity index (χ0) is 15.8. The Kier molecular flexibility index (Phi) is 5.71. The third-order valence-corrected chi connectivity index (χ3v) is 2.84. The maximum atomic E-state index is 12.7. The molecule has 0 atom stereocenters. The molecule has 0 aliphatic rings. The maximum Gasteiger partial charge on any atom is 0.315 e. The van der Waals surface area contributed by atoms with E-state index in [0.29, 0.717) is 18.8 Å². The lowest BCUT2D eigenvalue weighted by atomic mass is 10.2. The molecular weight excluding hydrogens is 290 g/mol. The summed E-state index contributed by atoms with van der Waals surface area (Å²) >= 11 is 0. The molecule has 2 rings (SSSR count). The van der Waals surface area contributed by atoms with Crippen LogP contribution in [-0.4, -0.2) is 19.2 Å². The van der Waals surface area contributed by atoms with E-state index < -0.39 is 0 Å².